The summed E-state index contributed by atoms with van der Waals surface area (Å²) in [6.45, 7) is 0.757. The molecule has 1 heterocycles. The second kappa shape index (κ2) is 6.03. The molecule has 88 valence electrons. The van der Waals surface area contributed by atoms with Crippen LogP contribution in [0.5, 0.6) is 0 Å². The maximum Gasteiger partial charge on any atom is 0.0474 e. The number of anilines is 1. The zero-order valence-electron chi connectivity index (χ0n) is 9.16. The van der Waals surface area contributed by atoms with Crippen molar-refractivity contribution in [2.75, 3.05) is 5.32 Å². The van der Waals surface area contributed by atoms with Gasteiger partial charge < -0.3 is 5.32 Å². The highest BCUT2D eigenvalue weighted by atomic mass is 79.9. The van der Waals surface area contributed by atoms with Gasteiger partial charge in [-0.1, -0.05) is 12.1 Å². The van der Waals surface area contributed by atoms with E-state index in [9.17, 15) is 0 Å². The monoisotopic (exact) mass is 310 g/mol. The SMILES string of the molecule is ClCc1ccc(NCc2cncc(Br)c2)cc1. The summed E-state index contributed by atoms with van der Waals surface area (Å²) < 4.78 is 0.995. The van der Waals surface area contributed by atoms with Gasteiger partial charge in [0.05, 0.1) is 0 Å². The summed E-state index contributed by atoms with van der Waals surface area (Å²) in [5.74, 6) is 0.551. The van der Waals surface area contributed by atoms with Gasteiger partial charge in [0.2, 0.25) is 0 Å². The van der Waals surface area contributed by atoms with Gasteiger partial charge in [0.1, 0.15) is 0 Å². The molecule has 4 heteroatoms. The molecule has 0 saturated heterocycles. The number of nitrogens with zero attached hydrogens (tertiary/aromatic N) is 1. The minimum Gasteiger partial charge on any atom is -0.381 e. The van der Waals surface area contributed by atoms with E-state index in [0.29, 0.717) is 5.88 Å². The molecule has 0 radical (unpaired) electrons. The number of nitrogens with one attached hydrogen (secondary N) is 1. The van der Waals surface area contributed by atoms with Crippen LogP contribution in [0.25, 0.3) is 0 Å². The molecular weight excluding hydrogens is 300 g/mol. The molecule has 17 heavy (non-hydrogen) atoms. The zero-order valence-corrected chi connectivity index (χ0v) is 11.5. The number of halogens is 2. The molecule has 2 nitrogen and oxygen atoms in total. The Morgan fingerprint density at radius 2 is 1.88 bits per heavy atom. The molecular formula is C13H12BrClN2. The predicted octanol–water partition coefficient (Wildman–Crippen LogP) is 4.20. The van der Waals surface area contributed by atoms with E-state index in [0.717, 1.165) is 27.8 Å². The Morgan fingerprint density at radius 1 is 1.12 bits per heavy atom. The third-order valence-electron chi connectivity index (χ3n) is 2.37. The van der Waals surface area contributed by atoms with Crippen molar-refractivity contribution < 1.29 is 0 Å². The van der Waals surface area contributed by atoms with Crippen molar-refractivity contribution in [3.8, 4) is 0 Å². The van der Waals surface area contributed by atoms with E-state index in [1.54, 1.807) is 6.20 Å². The molecule has 0 bridgehead atoms. The van der Waals surface area contributed by atoms with Gasteiger partial charge in [-0.05, 0) is 45.3 Å². The predicted molar refractivity (Wildman–Crippen MR) is 75.3 cm³/mol. The average Bonchev–Trinajstić information content (AvgIpc) is 2.37. The summed E-state index contributed by atoms with van der Waals surface area (Å²) in [4.78, 5) is 4.12. The minimum atomic E-state index is 0.551. The van der Waals surface area contributed by atoms with Crippen molar-refractivity contribution in [2.45, 2.75) is 12.4 Å². The lowest BCUT2D eigenvalue weighted by molar-refractivity contribution is 1.11. The second-order valence-corrected chi connectivity index (χ2v) is 4.88. The lowest BCUT2D eigenvalue weighted by Crippen LogP contribution is -1.99. The van der Waals surface area contributed by atoms with Crippen LogP contribution in [0.4, 0.5) is 5.69 Å². The number of hydrogen-bond acceptors (Lipinski definition) is 2. The fourth-order valence-corrected chi connectivity index (χ4v) is 2.06. The van der Waals surface area contributed by atoms with E-state index < -0.39 is 0 Å². The van der Waals surface area contributed by atoms with Crippen molar-refractivity contribution >= 4 is 33.2 Å². The van der Waals surface area contributed by atoms with Crippen LogP contribution >= 0.6 is 27.5 Å². The molecule has 0 unspecified atom stereocenters. The van der Waals surface area contributed by atoms with Crippen molar-refractivity contribution in [1.29, 1.82) is 0 Å². The normalized spacial score (nSPS) is 10.2. The van der Waals surface area contributed by atoms with Crippen molar-refractivity contribution in [2.24, 2.45) is 0 Å². The van der Waals surface area contributed by atoms with Crippen molar-refractivity contribution in [3.63, 3.8) is 0 Å². The number of hydrogen-bond donors (Lipinski definition) is 1. The average molecular weight is 312 g/mol. The molecule has 0 amide bonds. The van der Waals surface area contributed by atoms with Crippen LogP contribution in [0, 0.1) is 0 Å². The van der Waals surface area contributed by atoms with Crippen LogP contribution in [-0.2, 0) is 12.4 Å². The summed E-state index contributed by atoms with van der Waals surface area (Å²) in [6.07, 6.45) is 3.63. The standard InChI is InChI=1S/C13H12BrClN2/c14-12-5-11(7-16-9-12)8-17-13-3-1-10(6-15)2-4-13/h1-5,7,9,17H,6,8H2. The topological polar surface area (TPSA) is 24.9 Å². The molecule has 0 spiro atoms. The lowest BCUT2D eigenvalue weighted by Gasteiger charge is -2.07. The largest absolute Gasteiger partial charge is 0.381 e. The highest BCUT2D eigenvalue weighted by molar-refractivity contribution is 9.10. The Bertz CT molecular complexity index is 485. The number of alkyl halides is 1. The molecule has 1 N–H and O–H groups in total. The van der Waals surface area contributed by atoms with E-state index in [1.165, 1.54) is 0 Å². The smallest absolute Gasteiger partial charge is 0.0474 e. The molecule has 2 rings (SSSR count). The van der Waals surface area contributed by atoms with E-state index in [2.05, 4.69) is 26.2 Å². The summed E-state index contributed by atoms with van der Waals surface area (Å²) in [7, 11) is 0. The molecule has 2 aromatic rings. The first kappa shape index (κ1) is 12.4. The van der Waals surface area contributed by atoms with E-state index >= 15 is 0 Å². The fraction of sp³-hybridized carbons (Fsp3) is 0.154. The molecule has 0 saturated carbocycles. The van der Waals surface area contributed by atoms with Crippen LogP contribution in [0.3, 0.4) is 0 Å². The highest BCUT2D eigenvalue weighted by Crippen LogP contribution is 2.14. The van der Waals surface area contributed by atoms with Gasteiger partial charge in [-0.3, -0.25) is 4.98 Å². The molecule has 0 aliphatic carbocycles. The third kappa shape index (κ3) is 3.72. The molecule has 1 aromatic heterocycles. The van der Waals surface area contributed by atoms with Gasteiger partial charge in [-0.25, -0.2) is 0 Å². The molecule has 0 aliphatic heterocycles. The molecule has 0 aliphatic rings. The first-order chi connectivity index (χ1) is 8.28. The van der Waals surface area contributed by atoms with E-state index in [-0.39, 0.29) is 0 Å². The van der Waals surface area contributed by atoms with Gasteiger partial charge in [0.15, 0.2) is 0 Å². The first-order valence-electron chi connectivity index (χ1n) is 5.26. The van der Waals surface area contributed by atoms with Crippen molar-refractivity contribution in [3.05, 3.63) is 58.3 Å². The van der Waals surface area contributed by atoms with Crippen LogP contribution in [0.1, 0.15) is 11.1 Å². The third-order valence-corrected chi connectivity index (χ3v) is 3.11. The maximum atomic E-state index is 5.74. The van der Waals surface area contributed by atoms with Gasteiger partial charge in [0, 0.05) is 35.0 Å². The molecule has 1 aromatic carbocycles. The summed E-state index contributed by atoms with van der Waals surface area (Å²) in [6, 6.07) is 10.2. The Balaban J connectivity index is 1.97. The Hall–Kier alpha value is -1.06. The van der Waals surface area contributed by atoms with Gasteiger partial charge in [-0.2, -0.15) is 0 Å². The number of benzene rings is 1. The Labute approximate surface area is 114 Å². The lowest BCUT2D eigenvalue weighted by atomic mass is 10.2. The van der Waals surface area contributed by atoms with Crippen LogP contribution in [-0.4, -0.2) is 4.98 Å². The van der Waals surface area contributed by atoms with Gasteiger partial charge in [-0.15, -0.1) is 11.6 Å². The quantitative estimate of drug-likeness (QED) is 0.856. The number of aromatic nitrogens is 1. The van der Waals surface area contributed by atoms with Crippen molar-refractivity contribution in [1.82, 2.24) is 4.98 Å². The first-order valence-corrected chi connectivity index (χ1v) is 6.59. The van der Waals surface area contributed by atoms with E-state index in [4.69, 9.17) is 11.6 Å². The van der Waals surface area contributed by atoms with Gasteiger partial charge in [0.25, 0.3) is 0 Å². The second-order valence-electron chi connectivity index (χ2n) is 3.70. The molecule has 0 atom stereocenters. The van der Waals surface area contributed by atoms with Gasteiger partial charge >= 0.3 is 0 Å². The zero-order chi connectivity index (χ0) is 12.1. The molecule has 0 fully saturated rings. The number of pyridine rings is 1. The minimum absolute atomic E-state index is 0.551. The van der Waals surface area contributed by atoms with Crippen LogP contribution < -0.4 is 5.32 Å². The summed E-state index contributed by atoms with van der Waals surface area (Å²) >= 11 is 9.14. The summed E-state index contributed by atoms with van der Waals surface area (Å²) in [5, 5.41) is 3.34. The Morgan fingerprint density at radius 3 is 2.53 bits per heavy atom. The maximum absolute atomic E-state index is 5.74. The van der Waals surface area contributed by atoms with E-state index in [1.807, 2.05) is 36.5 Å². The number of rotatable bonds is 4. The van der Waals surface area contributed by atoms with Crippen LogP contribution in [0.15, 0.2) is 47.2 Å². The summed E-state index contributed by atoms with van der Waals surface area (Å²) in [5.41, 5.74) is 3.35. The highest BCUT2D eigenvalue weighted by Gasteiger charge is 1.96. The van der Waals surface area contributed by atoms with Crippen LogP contribution in [0.2, 0.25) is 0 Å². The Kier molecular flexibility index (Phi) is 4.40. The fourth-order valence-electron chi connectivity index (χ4n) is 1.47.